The van der Waals surface area contributed by atoms with E-state index in [9.17, 15) is 0 Å². The van der Waals surface area contributed by atoms with Crippen molar-refractivity contribution in [3.63, 3.8) is 0 Å². The van der Waals surface area contributed by atoms with Gasteiger partial charge in [0.05, 0.1) is 13.2 Å². The van der Waals surface area contributed by atoms with Gasteiger partial charge in [-0.05, 0) is 38.0 Å². The van der Waals surface area contributed by atoms with E-state index in [1.165, 1.54) is 11.1 Å². The Morgan fingerprint density at radius 1 is 1.08 bits per heavy atom. The Hall–Kier alpha value is -1.83. The van der Waals surface area contributed by atoms with Gasteiger partial charge in [-0.3, -0.25) is 0 Å². The van der Waals surface area contributed by atoms with Crippen LogP contribution in [0.25, 0.3) is 0 Å². The van der Waals surface area contributed by atoms with Crippen LogP contribution in [0.1, 0.15) is 30.5 Å². The maximum absolute atomic E-state index is 5.55. The van der Waals surface area contributed by atoms with Crippen molar-refractivity contribution in [3.05, 3.63) is 59.3 Å². The van der Waals surface area contributed by atoms with Gasteiger partial charge in [-0.1, -0.05) is 30.3 Å². The van der Waals surface area contributed by atoms with Gasteiger partial charge in [0, 0.05) is 24.8 Å². The van der Waals surface area contributed by atoms with Gasteiger partial charge >= 0.3 is 0 Å². The summed E-state index contributed by atoms with van der Waals surface area (Å²) >= 11 is 0. The van der Waals surface area contributed by atoms with Crippen molar-refractivity contribution in [2.24, 2.45) is 4.99 Å². The Bertz CT molecular complexity index is 676. The maximum atomic E-state index is 5.55. The zero-order valence-corrected chi connectivity index (χ0v) is 17.4. The van der Waals surface area contributed by atoms with E-state index in [-0.39, 0.29) is 24.0 Å². The lowest BCUT2D eigenvalue weighted by molar-refractivity contribution is 0.323. The van der Waals surface area contributed by atoms with Gasteiger partial charge in [-0.2, -0.15) is 0 Å². The van der Waals surface area contributed by atoms with Crippen LogP contribution in [0.15, 0.2) is 47.6 Å². The van der Waals surface area contributed by atoms with Crippen molar-refractivity contribution in [1.82, 2.24) is 15.6 Å². The standard InChI is InChI=1S/C19H26N4O.HI/c1-4-20-19(22-13-16-10-7-6-9-15(16)3)23-14-17-11-8-12-21-18(17)24-5-2;/h6-12H,4-5,13-14H2,1-3H3,(H2,20,22,23);1H. The Morgan fingerprint density at radius 2 is 1.84 bits per heavy atom. The Kier molecular flexibility index (Phi) is 9.91. The van der Waals surface area contributed by atoms with Crippen molar-refractivity contribution in [3.8, 4) is 5.88 Å². The summed E-state index contributed by atoms with van der Waals surface area (Å²) in [5.41, 5.74) is 3.51. The normalized spacial score (nSPS) is 10.8. The molecule has 136 valence electrons. The second-order valence-electron chi connectivity index (χ2n) is 5.38. The minimum Gasteiger partial charge on any atom is -0.478 e. The number of aromatic nitrogens is 1. The van der Waals surface area contributed by atoms with Crippen molar-refractivity contribution in [1.29, 1.82) is 0 Å². The van der Waals surface area contributed by atoms with Crippen LogP contribution >= 0.6 is 24.0 Å². The highest BCUT2D eigenvalue weighted by Crippen LogP contribution is 2.15. The molecule has 6 heteroatoms. The minimum absolute atomic E-state index is 0. The van der Waals surface area contributed by atoms with Gasteiger partial charge < -0.3 is 15.4 Å². The topological polar surface area (TPSA) is 58.5 Å². The lowest BCUT2D eigenvalue weighted by Gasteiger charge is -2.13. The van der Waals surface area contributed by atoms with Crippen LogP contribution in [0.2, 0.25) is 0 Å². The zero-order chi connectivity index (χ0) is 17.2. The van der Waals surface area contributed by atoms with E-state index in [4.69, 9.17) is 4.74 Å². The molecular weight excluding hydrogens is 427 g/mol. The van der Waals surface area contributed by atoms with Crippen LogP contribution in [0.5, 0.6) is 5.88 Å². The van der Waals surface area contributed by atoms with Gasteiger partial charge in [-0.15, -0.1) is 24.0 Å². The van der Waals surface area contributed by atoms with Crippen molar-refractivity contribution >= 4 is 29.9 Å². The molecule has 0 amide bonds. The predicted octanol–water partition coefficient (Wildman–Crippen LogP) is 3.66. The molecule has 0 aliphatic heterocycles. The van der Waals surface area contributed by atoms with Crippen molar-refractivity contribution in [2.75, 3.05) is 13.2 Å². The molecule has 1 aromatic carbocycles. The van der Waals surface area contributed by atoms with Crippen LogP contribution in [0.3, 0.4) is 0 Å². The van der Waals surface area contributed by atoms with Gasteiger partial charge in [0.25, 0.3) is 0 Å². The average Bonchev–Trinajstić information content (AvgIpc) is 2.60. The first kappa shape index (κ1) is 21.2. The quantitative estimate of drug-likeness (QED) is 0.381. The molecular formula is C19H27IN4O. The summed E-state index contributed by atoms with van der Waals surface area (Å²) in [6, 6.07) is 12.2. The van der Waals surface area contributed by atoms with Crippen LogP contribution < -0.4 is 15.4 Å². The zero-order valence-electron chi connectivity index (χ0n) is 15.1. The number of nitrogens with one attached hydrogen (secondary N) is 2. The van der Waals surface area contributed by atoms with E-state index in [0.29, 0.717) is 19.0 Å². The highest BCUT2D eigenvalue weighted by Gasteiger charge is 2.05. The summed E-state index contributed by atoms with van der Waals surface area (Å²) in [5.74, 6) is 1.44. The number of nitrogens with zero attached hydrogens (tertiary/aromatic N) is 2. The number of rotatable bonds is 7. The highest BCUT2D eigenvalue weighted by molar-refractivity contribution is 14.0. The molecule has 2 N–H and O–H groups in total. The lowest BCUT2D eigenvalue weighted by Crippen LogP contribution is -2.36. The monoisotopic (exact) mass is 454 g/mol. The molecule has 1 heterocycles. The van der Waals surface area contributed by atoms with Crippen LogP contribution in [0.4, 0.5) is 0 Å². The van der Waals surface area contributed by atoms with Gasteiger partial charge in [0.1, 0.15) is 0 Å². The first-order chi connectivity index (χ1) is 11.7. The van der Waals surface area contributed by atoms with E-state index in [1.807, 2.05) is 19.1 Å². The molecule has 0 saturated carbocycles. The third-order valence-corrected chi connectivity index (χ3v) is 3.59. The van der Waals surface area contributed by atoms with Crippen LogP contribution in [-0.4, -0.2) is 24.1 Å². The Morgan fingerprint density at radius 3 is 2.56 bits per heavy atom. The summed E-state index contributed by atoms with van der Waals surface area (Å²) in [5, 5.41) is 6.65. The number of hydrogen-bond acceptors (Lipinski definition) is 3. The summed E-state index contributed by atoms with van der Waals surface area (Å²) in [6.45, 7) is 8.79. The fourth-order valence-corrected chi connectivity index (χ4v) is 2.30. The second-order valence-corrected chi connectivity index (χ2v) is 5.38. The average molecular weight is 454 g/mol. The number of pyridine rings is 1. The molecule has 0 bridgehead atoms. The summed E-state index contributed by atoms with van der Waals surface area (Å²) in [7, 11) is 0. The first-order valence-electron chi connectivity index (χ1n) is 8.38. The summed E-state index contributed by atoms with van der Waals surface area (Å²) < 4.78 is 5.55. The van der Waals surface area contributed by atoms with Crippen molar-refractivity contribution < 1.29 is 4.74 Å². The van der Waals surface area contributed by atoms with Gasteiger partial charge in [0.15, 0.2) is 5.96 Å². The largest absolute Gasteiger partial charge is 0.478 e. The summed E-state index contributed by atoms with van der Waals surface area (Å²) in [6.07, 6.45) is 1.74. The molecule has 0 saturated heterocycles. The van der Waals surface area contributed by atoms with Crippen molar-refractivity contribution in [2.45, 2.75) is 33.9 Å². The highest BCUT2D eigenvalue weighted by atomic mass is 127. The molecule has 0 fully saturated rings. The third kappa shape index (κ3) is 6.89. The second kappa shape index (κ2) is 11.7. The fourth-order valence-electron chi connectivity index (χ4n) is 2.30. The van der Waals surface area contributed by atoms with E-state index in [1.54, 1.807) is 6.20 Å². The Labute approximate surface area is 167 Å². The molecule has 2 aromatic rings. The molecule has 5 nitrogen and oxygen atoms in total. The van der Waals surface area contributed by atoms with Gasteiger partial charge in [-0.25, -0.2) is 9.98 Å². The van der Waals surface area contributed by atoms with Crippen LogP contribution in [0, 0.1) is 6.92 Å². The SMILES string of the molecule is CCNC(=NCc1cccnc1OCC)NCc1ccccc1C.I. The molecule has 25 heavy (non-hydrogen) atoms. The van der Waals surface area contributed by atoms with E-state index >= 15 is 0 Å². The number of ether oxygens (including phenoxy) is 1. The fraction of sp³-hybridized carbons (Fsp3) is 0.368. The number of hydrogen-bond donors (Lipinski definition) is 2. The summed E-state index contributed by atoms with van der Waals surface area (Å²) in [4.78, 5) is 8.91. The molecule has 0 atom stereocenters. The number of aryl methyl sites for hydroxylation is 1. The predicted molar refractivity (Wildman–Crippen MR) is 114 cm³/mol. The minimum atomic E-state index is 0. The van der Waals surface area contributed by atoms with E-state index in [0.717, 1.165) is 24.6 Å². The van der Waals surface area contributed by atoms with E-state index < -0.39 is 0 Å². The molecule has 0 spiro atoms. The number of guanidine groups is 1. The molecule has 0 radical (unpaired) electrons. The molecule has 0 unspecified atom stereocenters. The Balaban J connectivity index is 0.00000312. The number of aliphatic imine (C=N–C) groups is 1. The van der Waals surface area contributed by atoms with E-state index in [2.05, 4.69) is 58.7 Å². The number of halogens is 1. The van der Waals surface area contributed by atoms with Crippen LogP contribution in [-0.2, 0) is 13.1 Å². The molecule has 1 aromatic heterocycles. The molecule has 0 aliphatic rings. The molecule has 0 aliphatic carbocycles. The first-order valence-corrected chi connectivity index (χ1v) is 8.38. The molecule has 2 rings (SSSR count). The third-order valence-electron chi connectivity index (χ3n) is 3.59. The lowest BCUT2D eigenvalue weighted by atomic mass is 10.1. The number of benzene rings is 1. The smallest absolute Gasteiger partial charge is 0.218 e. The maximum Gasteiger partial charge on any atom is 0.218 e. The van der Waals surface area contributed by atoms with Gasteiger partial charge in [0.2, 0.25) is 5.88 Å².